The lowest BCUT2D eigenvalue weighted by Crippen LogP contribution is -2.31. The largest absolute Gasteiger partial charge is 0.464 e. The summed E-state index contributed by atoms with van der Waals surface area (Å²) in [6.45, 7) is 1.85. The number of methoxy groups -OCH3 is 1. The maximum atomic E-state index is 12.5. The number of rotatable bonds is 3. The Bertz CT molecular complexity index is 454. The van der Waals surface area contributed by atoms with Crippen LogP contribution in [0.25, 0.3) is 0 Å². The van der Waals surface area contributed by atoms with E-state index < -0.39 is 17.9 Å². The second-order valence-corrected chi connectivity index (χ2v) is 4.17. The number of nitrogens with zero attached hydrogens (tertiary/aromatic N) is 1. The molecule has 0 amide bonds. The van der Waals surface area contributed by atoms with Gasteiger partial charge in [0.05, 0.1) is 7.11 Å². The van der Waals surface area contributed by atoms with Crippen molar-refractivity contribution in [3.63, 3.8) is 0 Å². The van der Waals surface area contributed by atoms with Gasteiger partial charge in [-0.2, -0.15) is 17.6 Å². The van der Waals surface area contributed by atoms with Gasteiger partial charge in [0.1, 0.15) is 0 Å². The molecule has 18 heavy (non-hydrogen) atoms. The molecule has 0 spiro atoms. The average Bonchev–Trinajstić information content (AvgIpc) is 2.29. The first-order valence-corrected chi connectivity index (χ1v) is 5.59. The molecule has 0 heterocycles. The van der Waals surface area contributed by atoms with Crippen LogP contribution in [0.15, 0.2) is 33.6 Å². The molecular weight excluding hydrogens is 267 g/mol. The summed E-state index contributed by atoms with van der Waals surface area (Å²) in [5.74, 6) is -1.50. The summed E-state index contributed by atoms with van der Waals surface area (Å²) in [6, 6.07) is 6.72. The quantitative estimate of drug-likeness (QED) is 0.484. The molecule has 0 aliphatic carbocycles. The normalized spacial score (nSPS) is 12.4. The van der Waals surface area contributed by atoms with Crippen molar-refractivity contribution in [2.75, 3.05) is 7.11 Å². The third kappa shape index (κ3) is 4.06. The van der Waals surface area contributed by atoms with Gasteiger partial charge < -0.3 is 4.74 Å². The molecule has 0 atom stereocenters. The van der Waals surface area contributed by atoms with Crippen molar-refractivity contribution in [3.05, 3.63) is 29.8 Å². The van der Waals surface area contributed by atoms with Crippen LogP contribution in [-0.2, 0) is 9.53 Å². The first-order valence-electron chi connectivity index (χ1n) is 4.82. The van der Waals surface area contributed by atoms with Gasteiger partial charge in [0.2, 0.25) is 5.71 Å². The third-order valence-corrected chi connectivity index (χ3v) is 2.67. The number of carbonyl (C=O) groups is 1. The predicted molar refractivity (Wildman–Crippen MR) is 62.5 cm³/mol. The van der Waals surface area contributed by atoms with Gasteiger partial charge in [-0.25, -0.2) is 4.79 Å². The van der Waals surface area contributed by atoms with E-state index in [0.717, 1.165) is 12.7 Å². The molecule has 0 radical (unpaired) electrons. The van der Waals surface area contributed by atoms with E-state index in [-0.39, 0.29) is 0 Å². The van der Waals surface area contributed by atoms with Crippen LogP contribution >= 0.6 is 11.9 Å². The van der Waals surface area contributed by atoms with E-state index in [4.69, 9.17) is 0 Å². The summed E-state index contributed by atoms with van der Waals surface area (Å²) in [6.07, 6.45) is -4.83. The number of hydrogen-bond acceptors (Lipinski definition) is 4. The predicted octanol–water partition coefficient (Wildman–Crippen LogP) is 3.18. The van der Waals surface area contributed by atoms with Crippen LogP contribution in [0, 0.1) is 6.92 Å². The fraction of sp³-hybridized carbons (Fsp3) is 0.273. The van der Waals surface area contributed by atoms with E-state index in [9.17, 15) is 18.0 Å². The molecule has 0 unspecified atom stereocenters. The fourth-order valence-electron chi connectivity index (χ4n) is 0.999. The van der Waals surface area contributed by atoms with Crippen molar-refractivity contribution < 1.29 is 22.7 Å². The van der Waals surface area contributed by atoms with Crippen LogP contribution in [0.3, 0.4) is 0 Å². The topological polar surface area (TPSA) is 38.7 Å². The summed E-state index contributed by atoms with van der Waals surface area (Å²) in [7, 11) is 0.875. The van der Waals surface area contributed by atoms with Crippen LogP contribution in [-0.4, -0.2) is 25.0 Å². The summed E-state index contributed by atoms with van der Waals surface area (Å²) < 4.78 is 44.7. The molecule has 98 valence electrons. The number of alkyl halides is 3. The Balaban J connectivity index is 2.90. The number of aryl methyl sites for hydroxylation is 1. The van der Waals surface area contributed by atoms with Crippen molar-refractivity contribution in [1.82, 2.24) is 0 Å². The summed E-state index contributed by atoms with van der Waals surface area (Å²) in [5, 5.41) is 0. The third-order valence-electron chi connectivity index (χ3n) is 1.91. The van der Waals surface area contributed by atoms with Crippen LogP contribution in [0.4, 0.5) is 13.2 Å². The molecule has 0 aliphatic rings. The highest BCUT2D eigenvalue weighted by Gasteiger charge is 2.42. The summed E-state index contributed by atoms with van der Waals surface area (Å²) in [4.78, 5) is 11.5. The van der Waals surface area contributed by atoms with Gasteiger partial charge in [0, 0.05) is 16.8 Å². The maximum absolute atomic E-state index is 12.5. The maximum Gasteiger partial charge on any atom is 0.441 e. The molecule has 0 N–H and O–H groups in total. The average molecular weight is 277 g/mol. The van der Waals surface area contributed by atoms with Crippen LogP contribution in [0.5, 0.6) is 0 Å². The molecule has 1 aromatic rings. The zero-order valence-corrected chi connectivity index (χ0v) is 10.4. The van der Waals surface area contributed by atoms with E-state index in [1.54, 1.807) is 24.3 Å². The minimum atomic E-state index is -4.83. The molecule has 7 heteroatoms. The molecule has 1 rings (SSSR count). The number of halogens is 3. The lowest BCUT2D eigenvalue weighted by molar-refractivity contribution is -0.136. The molecular formula is C11H10F3NO2S. The molecule has 0 aliphatic heterocycles. The molecule has 0 bridgehead atoms. The number of esters is 1. The Morgan fingerprint density at radius 3 is 2.28 bits per heavy atom. The molecule has 0 saturated heterocycles. The SMILES string of the molecule is COC(=O)/C(=N/Sc1ccc(C)cc1)C(F)(F)F. The Morgan fingerprint density at radius 1 is 1.28 bits per heavy atom. The van der Waals surface area contributed by atoms with Gasteiger partial charge >= 0.3 is 12.1 Å². The lowest BCUT2D eigenvalue weighted by Gasteiger charge is -2.07. The molecule has 0 fully saturated rings. The van der Waals surface area contributed by atoms with Crippen molar-refractivity contribution >= 4 is 23.6 Å². The highest BCUT2D eigenvalue weighted by molar-refractivity contribution is 7.98. The van der Waals surface area contributed by atoms with E-state index >= 15 is 0 Å². The number of benzene rings is 1. The summed E-state index contributed by atoms with van der Waals surface area (Å²) >= 11 is 0.575. The molecule has 0 aromatic heterocycles. The fourth-order valence-corrected chi connectivity index (χ4v) is 1.63. The van der Waals surface area contributed by atoms with Crippen molar-refractivity contribution in [3.8, 4) is 0 Å². The zero-order chi connectivity index (χ0) is 13.8. The molecule has 0 saturated carbocycles. The minimum absolute atomic E-state index is 0.506. The van der Waals surface area contributed by atoms with Gasteiger partial charge in [-0.05, 0) is 19.1 Å². The zero-order valence-electron chi connectivity index (χ0n) is 9.62. The van der Waals surface area contributed by atoms with Crippen LogP contribution in [0.1, 0.15) is 5.56 Å². The second kappa shape index (κ2) is 5.90. The molecule has 1 aromatic carbocycles. The molecule has 3 nitrogen and oxygen atoms in total. The van der Waals surface area contributed by atoms with Gasteiger partial charge in [-0.3, -0.25) is 0 Å². The highest BCUT2D eigenvalue weighted by atomic mass is 32.2. The minimum Gasteiger partial charge on any atom is -0.464 e. The Morgan fingerprint density at radius 2 is 1.83 bits per heavy atom. The number of carbonyl (C=O) groups excluding carboxylic acids is 1. The van der Waals surface area contributed by atoms with Gasteiger partial charge in [0.25, 0.3) is 0 Å². The van der Waals surface area contributed by atoms with Gasteiger partial charge in [0.15, 0.2) is 0 Å². The summed E-state index contributed by atoms with van der Waals surface area (Å²) in [5.41, 5.74) is -0.581. The Labute approximate surface area is 106 Å². The van der Waals surface area contributed by atoms with Crippen molar-refractivity contribution in [2.45, 2.75) is 18.0 Å². The van der Waals surface area contributed by atoms with Crippen molar-refractivity contribution in [2.24, 2.45) is 4.40 Å². The monoisotopic (exact) mass is 277 g/mol. The number of ether oxygens (including phenoxy) is 1. The Kier molecular flexibility index (Phi) is 4.77. The van der Waals surface area contributed by atoms with Gasteiger partial charge in [-0.1, -0.05) is 17.7 Å². The van der Waals surface area contributed by atoms with E-state index in [1.165, 1.54) is 0 Å². The van der Waals surface area contributed by atoms with Crippen molar-refractivity contribution in [1.29, 1.82) is 0 Å². The standard InChI is InChI=1S/C11H10F3NO2S/c1-7-3-5-8(6-4-7)18-15-9(10(16)17-2)11(12,13)14/h3-6H,1-2H3/b15-9-. The smallest absolute Gasteiger partial charge is 0.441 e. The van der Waals surface area contributed by atoms with E-state index in [0.29, 0.717) is 16.8 Å². The number of hydrogen-bond donors (Lipinski definition) is 0. The highest BCUT2D eigenvalue weighted by Crippen LogP contribution is 2.25. The second-order valence-electron chi connectivity index (χ2n) is 3.33. The van der Waals surface area contributed by atoms with Crippen LogP contribution < -0.4 is 0 Å². The first-order chi connectivity index (χ1) is 8.34. The van der Waals surface area contributed by atoms with E-state index in [2.05, 4.69) is 9.13 Å². The van der Waals surface area contributed by atoms with Crippen LogP contribution in [0.2, 0.25) is 0 Å². The van der Waals surface area contributed by atoms with Gasteiger partial charge in [-0.15, -0.1) is 0 Å². The lowest BCUT2D eigenvalue weighted by atomic mass is 10.2. The Hall–Kier alpha value is -1.50. The van der Waals surface area contributed by atoms with E-state index in [1.807, 2.05) is 6.92 Å². The first kappa shape index (κ1) is 14.6.